The number of hydrogen-bond acceptors (Lipinski definition) is 1. The van der Waals surface area contributed by atoms with Crippen LogP contribution < -0.4 is 4.74 Å². The molecule has 0 saturated heterocycles. The van der Waals surface area contributed by atoms with Crippen molar-refractivity contribution in [2.75, 3.05) is 7.11 Å². The maximum Gasteiger partial charge on any atom is 0.120 e. The molecule has 3 unspecified atom stereocenters. The minimum Gasteiger partial charge on any atom is -0.497 e. The van der Waals surface area contributed by atoms with Crippen LogP contribution in [0.2, 0.25) is 0 Å². The molecule has 15 heavy (non-hydrogen) atoms. The summed E-state index contributed by atoms with van der Waals surface area (Å²) in [5, 5.41) is 0. The molecule has 1 nitrogen and oxygen atoms in total. The summed E-state index contributed by atoms with van der Waals surface area (Å²) in [5.41, 5.74) is 1.32. The smallest absolute Gasteiger partial charge is 0.120 e. The highest BCUT2D eigenvalue weighted by atomic mass is 79.9. The van der Waals surface area contributed by atoms with Gasteiger partial charge < -0.3 is 4.74 Å². The molecule has 0 amide bonds. The third-order valence-corrected chi connectivity index (χ3v) is 4.91. The highest BCUT2D eigenvalue weighted by molar-refractivity contribution is 9.11. The van der Waals surface area contributed by atoms with Gasteiger partial charge in [0.15, 0.2) is 0 Å². The van der Waals surface area contributed by atoms with Crippen LogP contribution in [0.3, 0.4) is 0 Å². The minimum atomic E-state index is 0.466. The van der Waals surface area contributed by atoms with E-state index < -0.39 is 0 Å². The zero-order valence-electron chi connectivity index (χ0n) is 8.84. The summed E-state index contributed by atoms with van der Waals surface area (Å²) in [4.78, 5) is 0.466. The van der Waals surface area contributed by atoms with E-state index in [1.807, 2.05) is 12.1 Å². The van der Waals surface area contributed by atoms with Crippen molar-refractivity contribution in [1.82, 2.24) is 0 Å². The summed E-state index contributed by atoms with van der Waals surface area (Å²) in [6, 6.07) is 6.17. The molecule has 1 saturated carbocycles. The standard InChI is InChI=1S/C12H14Br2O/c1-7-5-10(7)12(14)9-4-3-8(15-2)6-11(9)13/h3-4,6-7,10,12H,5H2,1-2H3. The van der Waals surface area contributed by atoms with Gasteiger partial charge in [0.2, 0.25) is 0 Å². The fraction of sp³-hybridized carbons (Fsp3) is 0.500. The lowest BCUT2D eigenvalue weighted by Crippen LogP contribution is -1.95. The molecule has 1 aromatic rings. The lowest BCUT2D eigenvalue weighted by Gasteiger charge is -2.12. The molecular weight excluding hydrogens is 320 g/mol. The van der Waals surface area contributed by atoms with Gasteiger partial charge in [-0.2, -0.15) is 0 Å². The molecule has 2 rings (SSSR count). The van der Waals surface area contributed by atoms with Crippen molar-refractivity contribution >= 4 is 31.9 Å². The van der Waals surface area contributed by atoms with Crippen molar-refractivity contribution in [3.8, 4) is 5.75 Å². The van der Waals surface area contributed by atoms with Gasteiger partial charge in [-0.3, -0.25) is 0 Å². The van der Waals surface area contributed by atoms with Crippen LogP contribution >= 0.6 is 31.9 Å². The topological polar surface area (TPSA) is 9.23 Å². The maximum absolute atomic E-state index is 5.18. The third kappa shape index (κ3) is 2.39. The van der Waals surface area contributed by atoms with Crippen LogP contribution in [0.25, 0.3) is 0 Å². The third-order valence-electron chi connectivity index (χ3n) is 3.05. The van der Waals surface area contributed by atoms with Gasteiger partial charge in [-0.25, -0.2) is 0 Å². The van der Waals surface area contributed by atoms with Gasteiger partial charge in [0.25, 0.3) is 0 Å². The van der Waals surface area contributed by atoms with Crippen LogP contribution in [-0.4, -0.2) is 7.11 Å². The van der Waals surface area contributed by atoms with Crippen molar-refractivity contribution in [3.63, 3.8) is 0 Å². The van der Waals surface area contributed by atoms with Crippen LogP contribution in [0.4, 0.5) is 0 Å². The molecule has 82 valence electrons. The fourth-order valence-corrected chi connectivity index (χ4v) is 3.90. The average Bonchev–Trinajstić information content (AvgIpc) is 2.94. The van der Waals surface area contributed by atoms with Gasteiger partial charge in [0, 0.05) is 9.30 Å². The summed E-state index contributed by atoms with van der Waals surface area (Å²) >= 11 is 7.37. The zero-order valence-corrected chi connectivity index (χ0v) is 12.0. The van der Waals surface area contributed by atoms with Gasteiger partial charge >= 0.3 is 0 Å². The van der Waals surface area contributed by atoms with Crippen LogP contribution in [0, 0.1) is 11.8 Å². The molecular formula is C12H14Br2O. The second kappa shape index (κ2) is 4.46. The molecule has 0 aromatic heterocycles. The highest BCUT2D eigenvalue weighted by Gasteiger charge is 2.39. The second-order valence-corrected chi connectivity index (χ2v) is 6.01. The number of rotatable bonds is 3. The molecule has 0 bridgehead atoms. The van der Waals surface area contributed by atoms with Gasteiger partial charge in [-0.15, -0.1) is 0 Å². The van der Waals surface area contributed by atoms with E-state index in [0.717, 1.165) is 22.1 Å². The van der Waals surface area contributed by atoms with E-state index in [1.165, 1.54) is 12.0 Å². The lowest BCUT2D eigenvalue weighted by atomic mass is 10.1. The predicted molar refractivity (Wildman–Crippen MR) is 69.6 cm³/mol. The van der Waals surface area contributed by atoms with Gasteiger partial charge in [-0.1, -0.05) is 44.8 Å². The van der Waals surface area contributed by atoms with E-state index in [0.29, 0.717) is 4.83 Å². The van der Waals surface area contributed by atoms with E-state index in [4.69, 9.17) is 4.74 Å². The first-order valence-corrected chi connectivity index (χ1v) is 6.82. The molecule has 0 spiro atoms. The molecule has 3 heteroatoms. The number of alkyl halides is 1. The SMILES string of the molecule is COc1ccc(C(Br)C2CC2C)c(Br)c1. The Balaban J connectivity index is 2.21. The predicted octanol–water partition coefficient (Wildman–Crippen LogP) is 4.55. The number of hydrogen-bond donors (Lipinski definition) is 0. The summed E-state index contributed by atoms with van der Waals surface area (Å²) in [5.74, 6) is 2.53. The van der Waals surface area contributed by atoms with Crippen molar-refractivity contribution in [2.24, 2.45) is 11.8 Å². The minimum absolute atomic E-state index is 0.466. The molecule has 0 aliphatic heterocycles. The molecule has 0 radical (unpaired) electrons. The fourth-order valence-electron chi connectivity index (χ4n) is 1.85. The monoisotopic (exact) mass is 332 g/mol. The molecule has 1 aromatic carbocycles. The molecule has 1 fully saturated rings. The van der Waals surface area contributed by atoms with Crippen molar-refractivity contribution in [1.29, 1.82) is 0 Å². The second-order valence-electron chi connectivity index (χ2n) is 4.17. The number of methoxy groups -OCH3 is 1. The highest BCUT2D eigenvalue weighted by Crippen LogP contribution is 2.52. The van der Waals surface area contributed by atoms with Crippen LogP contribution in [-0.2, 0) is 0 Å². The maximum atomic E-state index is 5.18. The van der Waals surface area contributed by atoms with E-state index >= 15 is 0 Å². The molecule has 1 aliphatic carbocycles. The van der Waals surface area contributed by atoms with Crippen molar-refractivity contribution < 1.29 is 4.74 Å². The Kier molecular flexibility index (Phi) is 3.41. The summed E-state index contributed by atoms with van der Waals surface area (Å²) in [7, 11) is 1.69. The molecule has 0 N–H and O–H groups in total. The Bertz CT molecular complexity index is 365. The van der Waals surface area contributed by atoms with Crippen LogP contribution in [0.5, 0.6) is 5.75 Å². The number of ether oxygens (including phenoxy) is 1. The molecule has 1 aliphatic rings. The lowest BCUT2D eigenvalue weighted by molar-refractivity contribution is 0.414. The van der Waals surface area contributed by atoms with Gasteiger partial charge in [0.1, 0.15) is 5.75 Å². The first kappa shape index (κ1) is 11.5. The Labute approximate surface area is 107 Å². The average molecular weight is 334 g/mol. The Morgan fingerprint density at radius 2 is 2.13 bits per heavy atom. The Hall–Kier alpha value is -0.0200. The van der Waals surface area contributed by atoms with E-state index in [2.05, 4.69) is 44.8 Å². The molecule has 0 heterocycles. The normalized spacial score (nSPS) is 26.1. The summed E-state index contributed by atoms with van der Waals surface area (Å²) in [6.07, 6.45) is 1.33. The Morgan fingerprint density at radius 3 is 2.60 bits per heavy atom. The van der Waals surface area contributed by atoms with Crippen LogP contribution in [0.1, 0.15) is 23.7 Å². The van der Waals surface area contributed by atoms with Gasteiger partial charge in [-0.05, 0) is 36.0 Å². The van der Waals surface area contributed by atoms with Crippen molar-refractivity contribution in [3.05, 3.63) is 28.2 Å². The first-order valence-electron chi connectivity index (χ1n) is 5.11. The van der Waals surface area contributed by atoms with E-state index in [1.54, 1.807) is 7.11 Å². The first-order chi connectivity index (χ1) is 7.13. The molecule has 3 atom stereocenters. The van der Waals surface area contributed by atoms with Crippen molar-refractivity contribution in [2.45, 2.75) is 18.2 Å². The zero-order chi connectivity index (χ0) is 11.0. The summed E-state index contributed by atoms with van der Waals surface area (Å²) < 4.78 is 6.31. The van der Waals surface area contributed by atoms with Gasteiger partial charge in [0.05, 0.1) is 7.11 Å². The number of benzene rings is 1. The van der Waals surface area contributed by atoms with Crippen LogP contribution in [0.15, 0.2) is 22.7 Å². The Morgan fingerprint density at radius 1 is 1.47 bits per heavy atom. The van der Waals surface area contributed by atoms with E-state index in [-0.39, 0.29) is 0 Å². The largest absolute Gasteiger partial charge is 0.497 e. The number of halogens is 2. The summed E-state index contributed by atoms with van der Waals surface area (Å²) in [6.45, 7) is 2.30. The van der Waals surface area contributed by atoms with E-state index in [9.17, 15) is 0 Å². The quantitative estimate of drug-likeness (QED) is 0.737.